The molecule has 0 spiro atoms. The Kier molecular flexibility index (Phi) is 8.02. The summed E-state index contributed by atoms with van der Waals surface area (Å²) in [6.45, 7) is 7.52. The number of para-hydroxylation sites is 1. The predicted molar refractivity (Wildman–Crippen MR) is 148 cm³/mol. The van der Waals surface area contributed by atoms with Gasteiger partial charge in [0.15, 0.2) is 0 Å². The first-order valence-electron chi connectivity index (χ1n) is 12.2. The van der Waals surface area contributed by atoms with Crippen LogP contribution in [0.15, 0.2) is 59.7 Å². The Morgan fingerprint density at radius 1 is 1.05 bits per heavy atom. The lowest BCUT2D eigenvalue weighted by Gasteiger charge is -2.10. The Morgan fingerprint density at radius 3 is 2.45 bits per heavy atom. The van der Waals surface area contributed by atoms with Crippen LogP contribution in [0.4, 0.5) is 11.4 Å². The number of hydrogen-bond acceptors (Lipinski definition) is 7. The molecule has 4 rings (SSSR count). The number of fused-ring (bicyclic) bond motifs is 1. The standard InChI is InChI=1S/C28H28N4O5S/c1-5-37-28(36)20-8-6-7-9-21(20)31-25(34)24-17(4)23-26(38-24)29-15-32(27(23)35)14-22(33)30-19-12-10-18(11-13-19)16(2)3/h6-13,15-16H,5,14H2,1-4H3,(H,30,33)(H,31,34). The van der Waals surface area contributed by atoms with Gasteiger partial charge in [-0.05, 0) is 55.2 Å². The Hall–Kier alpha value is -4.31. The third kappa shape index (κ3) is 5.65. The second-order valence-electron chi connectivity index (χ2n) is 8.96. The molecule has 2 amide bonds. The van der Waals surface area contributed by atoms with E-state index in [9.17, 15) is 19.2 Å². The number of benzene rings is 2. The minimum absolute atomic E-state index is 0.205. The zero-order valence-corrected chi connectivity index (χ0v) is 22.3. The van der Waals surface area contributed by atoms with Gasteiger partial charge in [-0.25, -0.2) is 9.78 Å². The molecule has 2 aromatic carbocycles. The minimum atomic E-state index is -0.546. The maximum absolute atomic E-state index is 13.2. The van der Waals surface area contributed by atoms with Gasteiger partial charge in [-0.15, -0.1) is 11.3 Å². The first kappa shape index (κ1) is 26.7. The van der Waals surface area contributed by atoms with Crippen LogP contribution in [0.25, 0.3) is 10.2 Å². The zero-order chi connectivity index (χ0) is 27.4. The molecule has 0 atom stereocenters. The molecule has 0 unspecified atom stereocenters. The van der Waals surface area contributed by atoms with Gasteiger partial charge >= 0.3 is 5.97 Å². The maximum Gasteiger partial charge on any atom is 0.340 e. The number of amides is 2. The van der Waals surface area contributed by atoms with Crippen molar-refractivity contribution < 1.29 is 19.1 Å². The van der Waals surface area contributed by atoms with Crippen LogP contribution in [-0.2, 0) is 16.1 Å². The molecule has 2 aromatic heterocycles. The number of carbonyl (C=O) groups excluding carboxylic acids is 3. The highest BCUT2D eigenvalue weighted by atomic mass is 32.1. The lowest BCUT2D eigenvalue weighted by Crippen LogP contribution is -2.28. The molecular formula is C28H28N4O5S. The summed E-state index contributed by atoms with van der Waals surface area (Å²) in [5.41, 5.74) is 2.36. The van der Waals surface area contributed by atoms with Crippen LogP contribution < -0.4 is 16.2 Å². The SMILES string of the molecule is CCOC(=O)c1ccccc1NC(=O)c1sc2ncn(CC(=O)Nc3ccc(C(C)C)cc3)c(=O)c2c1C. The van der Waals surface area contributed by atoms with E-state index in [1.165, 1.54) is 10.9 Å². The molecule has 0 aliphatic rings. The van der Waals surface area contributed by atoms with E-state index in [0.717, 1.165) is 16.9 Å². The molecule has 0 radical (unpaired) electrons. The number of thiophene rings is 1. The maximum atomic E-state index is 13.2. The van der Waals surface area contributed by atoms with Crippen LogP contribution in [0.5, 0.6) is 0 Å². The van der Waals surface area contributed by atoms with E-state index in [1.807, 2.05) is 24.3 Å². The summed E-state index contributed by atoms with van der Waals surface area (Å²) in [5, 5.41) is 5.81. The van der Waals surface area contributed by atoms with Crippen molar-refractivity contribution in [3.05, 3.63) is 86.8 Å². The van der Waals surface area contributed by atoms with Crippen molar-refractivity contribution in [2.75, 3.05) is 17.2 Å². The predicted octanol–water partition coefficient (Wildman–Crippen LogP) is 4.96. The normalized spacial score (nSPS) is 11.0. The molecule has 0 aliphatic heterocycles. The fraction of sp³-hybridized carbons (Fsp3) is 0.250. The van der Waals surface area contributed by atoms with E-state index < -0.39 is 17.4 Å². The molecule has 0 saturated carbocycles. The van der Waals surface area contributed by atoms with Crippen molar-refractivity contribution in [2.24, 2.45) is 0 Å². The number of hydrogen-bond donors (Lipinski definition) is 2. The summed E-state index contributed by atoms with van der Waals surface area (Å²) in [6, 6.07) is 14.1. The third-order valence-corrected chi connectivity index (χ3v) is 7.17. The monoisotopic (exact) mass is 532 g/mol. The number of nitrogens with one attached hydrogen (secondary N) is 2. The van der Waals surface area contributed by atoms with Crippen LogP contribution in [0.1, 0.15) is 57.8 Å². The first-order chi connectivity index (χ1) is 18.2. The van der Waals surface area contributed by atoms with Gasteiger partial charge < -0.3 is 15.4 Å². The Labute approximate surface area is 223 Å². The van der Waals surface area contributed by atoms with Crippen molar-refractivity contribution >= 4 is 50.7 Å². The number of aryl methyl sites for hydroxylation is 1. The second-order valence-corrected chi connectivity index (χ2v) is 9.96. The zero-order valence-electron chi connectivity index (χ0n) is 21.5. The van der Waals surface area contributed by atoms with Crippen LogP contribution in [0.3, 0.4) is 0 Å². The van der Waals surface area contributed by atoms with E-state index in [0.29, 0.717) is 27.7 Å². The molecule has 196 valence electrons. The summed E-state index contributed by atoms with van der Waals surface area (Å²) < 4.78 is 6.29. The molecule has 0 saturated heterocycles. The highest BCUT2D eigenvalue weighted by Gasteiger charge is 2.22. The van der Waals surface area contributed by atoms with Gasteiger partial charge in [0.1, 0.15) is 11.4 Å². The quantitative estimate of drug-likeness (QED) is 0.310. The van der Waals surface area contributed by atoms with Crippen molar-refractivity contribution in [3.63, 3.8) is 0 Å². The van der Waals surface area contributed by atoms with Crippen molar-refractivity contribution in [3.8, 4) is 0 Å². The van der Waals surface area contributed by atoms with Crippen LogP contribution in [0, 0.1) is 6.92 Å². The summed E-state index contributed by atoms with van der Waals surface area (Å²) in [6.07, 6.45) is 1.31. The molecule has 0 bridgehead atoms. The Balaban J connectivity index is 1.55. The lowest BCUT2D eigenvalue weighted by atomic mass is 10.0. The average molecular weight is 533 g/mol. The Bertz CT molecular complexity index is 1570. The van der Waals surface area contributed by atoms with Gasteiger partial charge in [0.25, 0.3) is 11.5 Å². The minimum Gasteiger partial charge on any atom is -0.462 e. The lowest BCUT2D eigenvalue weighted by molar-refractivity contribution is -0.116. The van der Waals surface area contributed by atoms with Crippen molar-refractivity contribution in [2.45, 2.75) is 40.2 Å². The van der Waals surface area contributed by atoms with Gasteiger partial charge in [0.05, 0.1) is 34.4 Å². The number of nitrogens with zero attached hydrogens (tertiary/aromatic N) is 2. The fourth-order valence-corrected chi connectivity index (χ4v) is 4.99. The summed E-state index contributed by atoms with van der Waals surface area (Å²) >= 11 is 1.07. The molecule has 2 N–H and O–H groups in total. The Morgan fingerprint density at radius 2 is 1.76 bits per heavy atom. The van der Waals surface area contributed by atoms with Crippen LogP contribution in [-0.4, -0.2) is 33.9 Å². The van der Waals surface area contributed by atoms with E-state index in [1.54, 1.807) is 38.1 Å². The summed E-state index contributed by atoms with van der Waals surface area (Å²) in [5.74, 6) is -1.01. The molecule has 0 aliphatic carbocycles. The number of carbonyl (C=O) groups is 3. The molecule has 10 heteroatoms. The number of esters is 1. The van der Waals surface area contributed by atoms with Crippen LogP contribution in [0.2, 0.25) is 0 Å². The highest BCUT2D eigenvalue weighted by molar-refractivity contribution is 7.20. The van der Waals surface area contributed by atoms with Crippen LogP contribution >= 0.6 is 11.3 Å². The molecule has 4 aromatic rings. The number of anilines is 2. The van der Waals surface area contributed by atoms with E-state index in [2.05, 4.69) is 29.5 Å². The molecule has 38 heavy (non-hydrogen) atoms. The summed E-state index contributed by atoms with van der Waals surface area (Å²) in [4.78, 5) is 56.2. The van der Waals surface area contributed by atoms with Gasteiger partial charge in [0.2, 0.25) is 5.91 Å². The highest BCUT2D eigenvalue weighted by Crippen LogP contribution is 2.28. The van der Waals surface area contributed by atoms with E-state index >= 15 is 0 Å². The first-order valence-corrected chi connectivity index (χ1v) is 13.0. The van der Waals surface area contributed by atoms with Gasteiger partial charge in [-0.1, -0.05) is 38.1 Å². The number of aromatic nitrogens is 2. The topological polar surface area (TPSA) is 119 Å². The van der Waals surface area contributed by atoms with Gasteiger partial charge in [0, 0.05) is 5.69 Å². The van der Waals surface area contributed by atoms with Gasteiger partial charge in [-0.3, -0.25) is 19.0 Å². The smallest absolute Gasteiger partial charge is 0.340 e. The second kappa shape index (κ2) is 11.4. The van der Waals surface area contributed by atoms with Gasteiger partial charge in [-0.2, -0.15) is 0 Å². The largest absolute Gasteiger partial charge is 0.462 e. The molecule has 9 nitrogen and oxygen atoms in total. The van der Waals surface area contributed by atoms with Crippen molar-refractivity contribution in [1.29, 1.82) is 0 Å². The molecular weight excluding hydrogens is 504 g/mol. The third-order valence-electron chi connectivity index (χ3n) is 5.97. The fourth-order valence-electron chi connectivity index (χ4n) is 3.95. The summed E-state index contributed by atoms with van der Waals surface area (Å²) in [7, 11) is 0. The number of rotatable bonds is 8. The number of ether oxygens (including phenoxy) is 1. The molecule has 0 fully saturated rings. The molecule has 2 heterocycles. The van der Waals surface area contributed by atoms with E-state index in [4.69, 9.17) is 4.74 Å². The van der Waals surface area contributed by atoms with Crippen molar-refractivity contribution in [1.82, 2.24) is 9.55 Å². The van der Waals surface area contributed by atoms with E-state index in [-0.39, 0.29) is 34.9 Å². The average Bonchev–Trinajstić information content (AvgIpc) is 3.23.